The number of hydrogen-bond donors (Lipinski definition) is 3. The van der Waals surface area contributed by atoms with Crippen molar-refractivity contribution in [2.24, 2.45) is 10.9 Å². The molecular formula is C27H34N6O. The zero-order valence-electron chi connectivity index (χ0n) is 20.5. The predicted octanol–water partition coefficient (Wildman–Crippen LogP) is 3.75. The Hall–Kier alpha value is -3.32. The Kier molecular flexibility index (Phi) is 6.93. The Morgan fingerprint density at radius 3 is 2.76 bits per heavy atom. The van der Waals surface area contributed by atoms with Gasteiger partial charge in [0.15, 0.2) is 0 Å². The summed E-state index contributed by atoms with van der Waals surface area (Å²) >= 11 is 0. The molecule has 1 saturated heterocycles. The molecule has 7 heteroatoms. The third-order valence-electron chi connectivity index (χ3n) is 6.86. The number of pyridine rings is 1. The quantitative estimate of drug-likeness (QED) is 0.468. The number of aliphatic imine (C=N–C) groups is 1. The van der Waals surface area contributed by atoms with Crippen LogP contribution in [0.5, 0.6) is 0 Å². The SMILES string of the molecule is Cc1cc(C)c(N)c(C(=N)C2=NC(C(=O)NC3CCCN(C)CC3)=C(c3cccnc3)C2C)c1. The van der Waals surface area contributed by atoms with Gasteiger partial charge in [-0.05, 0) is 76.5 Å². The molecule has 0 aliphatic carbocycles. The lowest BCUT2D eigenvalue weighted by Gasteiger charge is -2.18. The molecule has 0 saturated carbocycles. The van der Waals surface area contributed by atoms with Gasteiger partial charge in [0.25, 0.3) is 5.91 Å². The molecule has 0 spiro atoms. The number of carbonyl (C=O) groups excluding carboxylic acids is 1. The van der Waals surface area contributed by atoms with E-state index in [4.69, 9.17) is 16.1 Å². The topological polar surface area (TPSA) is 107 Å². The number of amides is 1. The maximum absolute atomic E-state index is 13.5. The number of aromatic nitrogens is 1. The van der Waals surface area contributed by atoms with Crippen molar-refractivity contribution >= 4 is 28.6 Å². The number of aryl methyl sites for hydroxylation is 2. The van der Waals surface area contributed by atoms with E-state index in [1.54, 1.807) is 12.4 Å². The minimum Gasteiger partial charge on any atom is -0.398 e. The second-order valence-electron chi connectivity index (χ2n) is 9.55. The summed E-state index contributed by atoms with van der Waals surface area (Å²) in [6.45, 7) is 7.94. The summed E-state index contributed by atoms with van der Waals surface area (Å²) in [7, 11) is 2.12. The number of hydrogen-bond acceptors (Lipinski definition) is 6. The Balaban J connectivity index is 1.69. The molecule has 2 aliphatic heterocycles. The Morgan fingerprint density at radius 2 is 2.03 bits per heavy atom. The first kappa shape index (κ1) is 23.8. The number of likely N-dealkylation sites (tertiary alicyclic amines) is 1. The molecule has 1 aromatic heterocycles. The second kappa shape index (κ2) is 9.89. The van der Waals surface area contributed by atoms with Crippen molar-refractivity contribution in [2.45, 2.75) is 46.1 Å². The highest BCUT2D eigenvalue weighted by Gasteiger charge is 2.34. The van der Waals surface area contributed by atoms with Gasteiger partial charge in [0, 0.05) is 41.2 Å². The number of rotatable bonds is 5. The van der Waals surface area contributed by atoms with Gasteiger partial charge in [-0.3, -0.25) is 15.2 Å². The lowest BCUT2D eigenvalue weighted by atomic mass is 9.87. The largest absolute Gasteiger partial charge is 0.398 e. The van der Waals surface area contributed by atoms with E-state index in [2.05, 4.69) is 22.2 Å². The number of nitrogens with zero attached hydrogens (tertiary/aromatic N) is 3. The van der Waals surface area contributed by atoms with Gasteiger partial charge in [-0.25, -0.2) is 4.99 Å². The summed E-state index contributed by atoms with van der Waals surface area (Å²) < 4.78 is 0. The molecule has 1 aromatic carbocycles. The minimum absolute atomic E-state index is 0.115. The van der Waals surface area contributed by atoms with Crippen LogP contribution in [0, 0.1) is 25.2 Å². The van der Waals surface area contributed by atoms with Crippen LogP contribution in [-0.4, -0.2) is 53.4 Å². The molecule has 178 valence electrons. The van der Waals surface area contributed by atoms with Crippen LogP contribution in [0.3, 0.4) is 0 Å². The van der Waals surface area contributed by atoms with Crippen LogP contribution >= 0.6 is 0 Å². The van der Waals surface area contributed by atoms with Crippen molar-refractivity contribution in [1.82, 2.24) is 15.2 Å². The van der Waals surface area contributed by atoms with Gasteiger partial charge >= 0.3 is 0 Å². The zero-order chi connectivity index (χ0) is 24.4. The van der Waals surface area contributed by atoms with E-state index >= 15 is 0 Å². The van der Waals surface area contributed by atoms with Crippen molar-refractivity contribution in [1.29, 1.82) is 5.41 Å². The fourth-order valence-electron chi connectivity index (χ4n) is 4.94. The predicted molar refractivity (Wildman–Crippen MR) is 138 cm³/mol. The maximum atomic E-state index is 13.5. The molecule has 3 heterocycles. The van der Waals surface area contributed by atoms with Crippen LogP contribution < -0.4 is 11.1 Å². The van der Waals surface area contributed by atoms with Gasteiger partial charge in [0.05, 0.1) is 11.4 Å². The highest BCUT2D eigenvalue weighted by atomic mass is 16.2. The van der Waals surface area contributed by atoms with Crippen molar-refractivity contribution in [3.8, 4) is 0 Å². The number of benzene rings is 1. The first-order valence-corrected chi connectivity index (χ1v) is 11.9. The number of nitrogens with two attached hydrogens (primary N) is 1. The summed E-state index contributed by atoms with van der Waals surface area (Å²) in [4.78, 5) is 24.8. The molecule has 7 nitrogen and oxygen atoms in total. The molecular weight excluding hydrogens is 424 g/mol. The Labute approximate surface area is 201 Å². The fraction of sp³-hybridized carbons (Fsp3) is 0.407. The summed E-state index contributed by atoms with van der Waals surface area (Å²) in [5.41, 5.74) is 12.4. The number of allylic oxidation sites excluding steroid dienone is 1. The average Bonchev–Trinajstić information content (AvgIpc) is 3.03. The minimum atomic E-state index is -0.238. The van der Waals surface area contributed by atoms with Crippen LogP contribution in [0.25, 0.3) is 5.57 Å². The second-order valence-corrected chi connectivity index (χ2v) is 9.55. The number of carbonyl (C=O) groups is 1. The Morgan fingerprint density at radius 1 is 1.24 bits per heavy atom. The van der Waals surface area contributed by atoms with E-state index in [1.165, 1.54) is 0 Å². The summed E-state index contributed by atoms with van der Waals surface area (Å²) in [6, 6.07) is 7.85. The molecule has 2 aromatic rings. The number of nitrogens with one attached hydrogen (secondary N) is 2. The lowest BCUT2D eigenvalue weighted by molar-refractivity contribution is -0.118. The van der Waals surface area contributed by atoms with Gasteiger partial charge in [0.2, 0.25) is 0 Å². The maximum Gasteiger partial charge on any atom is 0.270 e. The van der Waals surface area contributed by atoms with Crippen molar-refractivity contribution in [2.75, 3.05) is 25.9 Å². The van der Waals surface area contributed by atoms with Crippen molar-refractivity contribution in [3.63, 3.8) is 0 Å². The van der Waals surface area contributed by atoms with Gasteiger partial charge in [-0.1, -0.05) is 24.6 Å². The lowest BCUT2D eigenvalue weighted by Crippen LogP contribution is -2.36. The molecule has 2 unspecified atom stereocenters. The standard InChI is InChI=1S/C27H34N6O/c1-16-13-17(2)23(28)21(14-16)24(29)25-18(3)22(19-7-5-10-30-15-19)26(32-25)27(34)31-20-8-6-11-33(4)12-9-20/h5,7,10,13-15,18,20,29H,6,8-9,11-12,28H2,1-4H3,(H,31,34). The van der Waals surface area contributed by atoms with Crippen LogP contribution in [-0.2, 0) is 4.79 Å². The van der Waals surface area contributed by atoms with Crippen LogP contribution in [0.4, 0.5) is 5.69 Å². The zero-order valence-corrected chi connectivity index (χ0v) is 20.5. The van der Waals surface area contributed by atoms with E-state index in [1.807, 2.05) is 45.0 Å². The smallest absolute Gasteiger partial charge is 0.270 e. The van der Waals surface area contributed by atoms with Crippen molar-refractivity contribution < 1.29 is 4.79 Å². The summed E-state index contributed by atoms with van der Waals surface area (Å²) in [5, 5.41) is 12.2. The molecule has 1 fully saturated rings. The third-order valence-corrected chi connectivity index (χ3v) is 6.86. The third kappa shape index (κ3) is 4.80. The van der Waals surface area contributed by atoms with Crippen LogP contribution in [0.15, 0.2) is 47.3 Å². The molecule has 2 atom stereocenters. The molecule has 1 amide bonds. The van der Waals surface area contributed by atoms with Crippen LogP contribution in [0.2, 0.25) is 0 Å². The normalized spacial score (nSPS) is 21.2. The number of nitrogen functional groups attached to an aromatic ring is 1. The summed E-state index contributed by atoms with van der Waals surface area (Å²) in [6.07, 6.45) is 6.39. The fourth-order valence-corrected chi connectivity index (χ4v) is 4.94. The Bertz CT molecular complexity index is 1170. The highest BCUT2D eigenvalue weighted by Crippen LogP contribution is 2.36. The van der Waals surface area contributed by atoms with E-state index in [-0.39, 0.29) is 23.6 Å². The van der Waals surface area contributed by atoms with Crippen molar-refractivity contribution in [3.05, 3.63) is 64.6 Å². The first-order valence-electron chi connectivity index (χ1n) is 11.9. The summed E-state index contributed by atoms with van der Waals surface area (Å²) in [5.74, 6) is -0.422. The molecule has 4 N–H and O–H groups in total. The van der Waals surface area contributed by atoms with E-state index < -0.39 is 0 Å². The monoisotopic (exact) mass is 458 g/mol. The molecule has 34 heavy (non-hydrogen) atoms. The van der Waals surface area contributed by atoms with Gasteiger partial charge in [0.1, 0.15) is 5.70 Å². The number of anilines is 1. The van der Waals surface area contributed by atoms with Gasteiger partial charge in [-0.2, -0.15) is 0 Å². The average molecular weight is 459 g/mol. The highest BCUT2D eigenvalue weighted by molar-refractivity contribution is 6.51. The van der Waals surface area contributed by atoms with Crippen LogP contribution in [0.1, 0.15) is 48.4 Å². The van der Waals surface area contributed by atoms with E-state index in [9.17, 15) is 4.79 Å². The molecule has 2 aliphatic rings. The van der Waals surface area contributed by atoms with Gasteiger partial charge < -0.3 is 16.0 Å². The molecule has 0 bridgehead atoms. The first-order chi connectivity index (χ1) is 16.3. The van der Waals surface area contributed by atoms with E-state index in [0.717, 1.165) is 54.6 Å². The molecule has 4 rings (SSSR count). The van der Waals surface area contributed by atoms with E-state index in [0.29, 0.717) is 22.7 Å². The molecule has 0 radical (unpaired) electrons. The van der Waals surface area contributed by atoms with Gasteiger partial charge in [-0.15, -0.1) is 0 Å².